The lowest BCUT2D eigenvalue weighted by molar-refractivity contribution is 0.154. The molecule has 1 aromatic carbocycles. The summed E-state index contributed by atoms with van der Waals surface area (Å²) in [7, 11) is 1.57. The van der Waals surface area contributed by atoms with Crippen LogP contribution in [0.1, 0.15) is 37.7 Å². The number of nitriles is 1. The predicted octanol–water partition coefficient (Wildman–Crippen LogP) is 4.05. The zero-order valence-electron chi connectivity index (χ0n) is 14.8. The van der Waals surface area contributed by atoms with Gasteiger partial charge in [-0.3, -0.25) is 5.41 Å². The molecule has 0 atom stereocenters. The lowest BCUT2D eigenvalue weighted by Crippen LogP contribution is -2.19. The summed E-state index contributed by atoms with van der Waals surface area (Å²) in [5.74, 6) is 1.38. The van der Waals surface area contributed by atoms with E-state index in [0.29, 0.717) is 17.4 Å². The highest BCUT2D eigenvalue weighted by Crippen LogP contribution is 2.28. The average molecular weight is 378 g/mol. The molecule has 3 N–H and O–H groups in total. The van der Waals surface area contributed by atoms with Crippen molar-refractivity contribution >= 4 is 22.5 Å². The Kier molecular flexibility index (Phi) is 10.1. The standard InChI is InChI=1S/C14H17NO2.C5H7ClN2O/c1-16-14-9-13(8-7-11(14)10-15)17-12-5-3-2-4-6-12;6-5(8)2-1-4(7)3-9/h7-9,12H,2-6H2,1H3;1-2,7-9H,3H2/b;2-1-,7-4?,8-5?. The van der Waals surface area contributed by atoms with Crippen LogP contribution in [0.5, 0.6) is 11.5 Å². The second-order valence-corrected chi connectivity index (χ2v) is 6.12. The summed E-state index contributed by atoms with van der Waals surface area (Å²) in [6, 6.07) is 7.49. The molecular formula is C19H24ClN3O3. The highest BCUT2D eigenvalue weighted by atomic mass is 35.5. The van der Waals surface area contributed by atoms with E-state index in [2.05, 4.69) is 6.07 Å². The third-order valence-corrected chi connectivity index (χ3v) is 3.88. The summed E-state index contributed by atoms with van der Waals surface area (Å²) in [4.78, 5) is 0. The second kappa shape index (κ2) is 12.1. The van der Waals surface area contributed by atoms with Crippen molar-refractivity contribution in [1.82, 2.24) is 0 Å². The van der Waals surface area contributed by atoms with Gasteiger partial charge in [-0.15, -0.1) is 0 Å². The molecule has 1 fully saturated rings. The molecule has 0 heterocycles. The Balaban J connectivity index is 0.000000321. The van der Waals surface area contributed by atoms with Crippen molar-refractivity contribution in [2.75, 3.05) is 13.7 Å². The lowest BCUT2D eigenvalue weighted by Gasteiger charge is -2.23. The molecule has 1 aliphatic rings. The quantitative estimate of drug-likeness (QED) is 0.649. The highest BCUT2D eigenvalue weighted by Gasteiger charge is 2.15. The predicted molar refractivity (Wildman–Crippen MR) is 103 cm³/mol. The third-order valence-electron chi connectivity index (χ3n) is 3.75. The monoisotopic (exact) mass is 377 g/mol. The van der Waals surface area contributed by atoms with E-state index in [1.807, 2.05) is 6.07 Å². The van der Waals surface area contributed by atoms with Crippen molar-refractivity contribution < 1.29 is 14.6 Å². The fourth-order valence-electron chi connectivity index (χ4n) is 2.44. The van der Waals surface area contributed by atoms with Gasteiger partial charge in [-0.05, 0) is 50.0 Å². The molecule has 0 aromatic heterocycles. The number of methoxy groups -OCH3 is 1. The fraction of sp³-hybridized carbons (Fsp3) is 0.421. The van der Waals surface area contributed by atoms with Gasteiger partial charge in [0, 0.05) is 6.07 Å². The summed E-state index contributed by atoms with van der Waals surface area (Å²) in [6.45, 7) is -0.319. The van der Waals surface area contributed by atoms with Crippen LogP contribution >= 0.6 is 11.6 Å². The molecule has 1 aromatic rings. The Morgan fingerprint density at radius 1 is 1.31 bits per heavy atom. The van der Waals surface area contributed by atoms with E-state index in [0.717, 1.165) is 18.6 Å². The first-order valence-corrected chi connectivity index (χ1v) is 8.73. The third kappa shape index (κ3) is 8.15. The molecule has 0 aliphatic heterocycles. The second-order valence-electron chi connectivity index (χ2n) is 5.72. The Hall–Kier alpha value is -2.36. The van der Waals surface area contributed by atoms with Gasteiger partial charge in [-0.1, -0.05) is 18.0 Å². The van der Waals surface area contributed by atoms with Gasteiger partial charge >= 0.3 is 0 Å². The molecule has 0 unspecified atom stereocenters. The zero-order chi connectivity index (χ0) is 19.4. The minimum atomic E-state index is -0.319. The van der Waals surface area contributed by atoms with Crippen LogP contribution in [0.2, 0.25) is 0 Å². The topological polar surface area (TPSA) is 110 Å². The first-order chi connectivity index (χ1) is 12.5. The molecule has 0 bridgehead atoms. The van der Waals surface area contributed by atoms with Crippen molar-refractivity contribution in [3.8, 4) is 17.6 Å². The maximum Gasteiger partial charge on any atom is 0.140 e. The Morgan fingerprint density at radius 2 is 2.00 bits per heavy atom. The van der Waals surface area contributed by atoms with Crippen LogP contribution in [-0.2, 0) is 0 Å². The number of aliphatic hydroxyl groups excluding tert-OH is 1. The number of ether oxygens (including phenoxy) is 2. The molecule has 0 radical (unpaired) electrons. The SMILES string of the molecule is COc1cc(OC2CCCCC2)ccc1C#N.N=C(Cl)/C=C\C(=N)CO. The molecule has 140 valence electrons. The Labute approximate surface area is 159 Å². The highest BCUT2D eigenvalue weighted by molar-refractivity contribution is 6.67. The number of allylic oxidation sites excluding steroid dienone is 1. The van der Waals surface area contributed by atoms with Crippen molar-refractivity contribution in [3.05, 3.63) is 35.9 Å². The van der Waals surface area contributed by atoms with Gasteiger partial charge in [-0.2, -0.15) is 5.26 Å². The largest absolute Gasteiger partial charge is 0.495 e. The van der Waals surface area contributed by atoms with E-state index >= 15 is 0 Å². The maximum absolute atomic E-state index is 8.89. The van der Waals surface area contributed by atoms with Gasteiger partial charge in [0.1, 0.15) is 22.7 Å². The van der Waals surface area contributed by atoms with Crippen molar-refractivity contribution in [3.63, 3.8) is 0 Å². The molecule has 7 heteroatoms. The van der Waals surface area contributed by atoms with Crippen LogP contribution in [0.4, 0.5) is 0 Å². The number of aliphatic hydroxyl groups is 1. The zero-order valence-corrected chi connectivity index (χ0v) is 15.6. The summed E-state index contributed by atoms with van der Waals surface area (Å²) in [6.07, 6.45) is 8.90. The normalized spacial score (nSPS) is 14.1. The van der Waals surface area contributed by atoms with Gasteiger partial charge in [-0.25, -0.2) is 0 Å². The molecule has 0 spiro atoms. The first-order valence-electron chi connectivity index (χ1n) is 8.35. The van der Waals surface area contributed by atoms with E-state index in [9.17, 15) is 0 Å². The number of hydrogen-bond donors (Lipinski definition) is 3. The molecule has 26 heavy (non-hydrogen) atoms. The van der Waals surface area contributed by atoms with Crippen molar-refractivity contribution in [2.45, 2.75) is 38.2 Å². The molecule has 1 saturated carbocycles. The lowest BCUT2D eigenvalue weighted by atomic mass is 9.98. The molecule has 0 saturated heterocycles. The van der Waals surface area contributed by atoms with Gasteiger partial charge < -0.3 is 20.0 Å². The number of hydrogen-bond acceptors (Lipinski definition) is 6. The number of benzene rings is 1. The summed E-state index contributed by atoms with van der Waals surface area (Å²) in [5.41, 5.74) is 0.587. The Bertz CT molecular complexity index is 677. The van der Waals surface area contributed by atoms with Gasteiger partial charge in [0.2, 0.25) is 0 Å². The van der Waals surface area contributed by atoms with Gasteiger partial charge in [0.05, 0.1) is 31.1 Å². The fourth-order valence-corrected chi connectivity index (χ4v) is 2.50. The smallest absolute Gasteiger partial charge is 0.140 e. The van der Waals surface area contributed by atoms with Crippen LogP contribution in [0.3, 0.4) is 0 Å². The summed E-state index contributed by atoms with van der Waals surface area (Å²) in [5, 5.41) is 30.5. The van der Waals surface area contributed by atoms with Crippen molar-refractivity contribution in [1.29, 1.82) is 16.1 Å². The van der Waals surface area contributed by atoms with Crippen LogP contribution in [0.15, 0.2) is 30.4 Å². The Morgan fingerprint density at radius 3 is 2.54 bits per heavy atom. The maximum atomic E-state index is 8.89. The number of nitrogens with zero attached hydrogens (tertiary/aromatic N) is 1. The van der Waals surface area contributed by atoms with Crippen LogP contribution in [-0.4, -0.2) is 35.8 Å². The molecule has 2 rings (SSSR count). The first kappa shape index (κ1) is 21.7. The van der Waals surface area contributed by atoms with E-state index in [1.165, 1.54) is 31.4 Å². The van der Waals surface area contributed by atoms with E-state index in [1.54, 1.807) is 19.2 Å². The molecule has 6 nitrogen and oxygen atoms in total. The molecule has 0 amide bonds. The van der Waals surface area contributed by atoms with Crippen LogP contribution in [0.25, 0.3) is 0 Å². The summed E-state index contributed by atoms with van der Waals surface area (Å²) < 4.78 is 11.1. The minimum absolute atomic E-state index is 0.0420. The number of halogens is 1. The van der Waals surface area contributed by atoms with E-state index in [4.69, 9.17) is 42.3 Å². The van der Waals surface area contributed by atoms with Gasteiger partial charge in [0.25, 0.3) is 0 Å². The van der Waals surface area contributed by atoms with E-state index in [-0.39, 0.29) is 17.5 Å². The van der Waals surface area contributed by atoms with Crippen LogP contribution in [0, 0.1) is 22.1 Å². The van der Waals surface area contributed by atoms with Crippen molar-refractivity contribution in [2.24, 2.45) is 0 Å². The average Bonchev–Trinajstić information content (AvgIpc) is 2.67. The van der Waals surface area contributed by atoms with E-state index < -0.39 is 0 Å². The minimum Gasteiger partial charge on any atom is -0.495 e. The number of rotatable bonds is 6. The molecular weight excluding hydrogens is 354 g/mol. The molecule has 1 aliphatic carbocycles. The van der Waals surface area contributed by atoms with Crippen LogP contribution < -0.4 is 9.47 Å². The number of nitrogens with one attached hydrogen (secondary N) is 2. The summed E-state index contributed by atoms with van der Waals surface area (Å²) >= 11 is 5.10. The van der Waals surface area contributed by atoms with Gasteiger partial charge in [0.15, 0.2) is 0 Å².